The van der Waals surface area contributed by atoms with Crippen LogP contribution < -0.4 is 4.74 Å². The lowest BCUT2D eigenvalue weighted by atomic mass is 10.1. The van der Waals surface area contributed by atoms with Gasteiger partial charge in [0, 0.05) is 0 Å². The van der Waals surface area contributed by atoms with Crippen molar-refractivity contribution in [3.8, 4) is 11.5 Å². The van der Waals surface area contributed by atoms with Crippen molar-refractivity contribution in [1.82, 2.24) is 0 Å². The minimum Gasteiger partial charge on any atom is -0.456 e. The third-order valence-electron chi connectivity index (χ3n) is 2.54. The van der Waals surface area contributed by atoms with E-state index in [1.165, 1.54) is 18.2 Å². The number of rotatable bonds is 3. The highest BCUT2D eigenvalue weighted by Gasteiger charge is 2.07. The van der Waals surface area contributed by atoms with E-state index in [0.717, 1.165) is 11.1 Å². The van der Waals surface area contributed by atoms with Crippen molar-refractivity contribution in [1.29, 1.82) is 0 Å². The first-order valence-corrected chi connectivity index (χ1v) is 5.81. The Morgan fingerprint density at radius 2 is 1.89 bits per heavy atom. The number of aliphatic hydroxyl groups is 1. The number of hydrogen-bond acceptors (Lipinski definition) is 2. The van der Waals surface area contributed by atoms with E-state index in [9.17, 15) is 4.39 Å². The molecule has 0 aromatic heterocycles. The third-order valence-corrected chi connectivity index (χ3v) is 2.83. The predicted molar refractivity (Wildman–Crippen MR) is 68.6 cm³/mol. The molecular formula is C14H12ClFO2. The van der Waals surface area contributed by atoms with E-state index >= 15 is 0 Å². The molecule has 0 bridgehead atoms. The number of benzene rings is 2. The van der Waals surface area contributed by atoms with Crippen molar-refractivity contribution >= 4 is 11.6 Å². The Labute approximate surface area is 110 Å². The first-order chi connectivity index (χ1) is 8.60. The van der Waals surface area contributed by atoms with Gasteiger partial charge >= 0.3 is 0 Å². The molecule has 0 spiro atoms. The maximum Gasteiger partial charge on any atom is 0.146 e. The molecule has 0 unspecified atom stereocenters. The van der Waals surface area contributed by atoms with Crippen molar-refractivity contribution in [2.24, 2.45) is 0 Å². The smallest absolute Gasteiger partial charge is 0.146 e. The SMILES string of the molecule is Cc1cc(CO)ccc1Oc1ccc(F)cc1Cl. The van der Waals surface area contributed by atoms with Crippen molar-refractivity contribution < 1.29 is 14.2 Å². The van der Waals surface area contributed by atoms with Gasteiger partial charge in [0.2, 0.25) is 0 Å². The average molecular weight is 267 g/mol. The predicted octanol–water partition coefficient (Wildman–Crippen LogP) is 4.07. The Bertz CT molecular complexity index is 570. The quantitative estimate of drug-likeness (QED) is 0.907. The maximum absolute atomic E-state index is 12.9. The van der Waals surface area contributed by atoms with Crippen molar-refractivity contribution in [2.45, 2.75) is 13.5 Å². The van der Waals surface area contributed by atoms with Gasteiger partial charge in [-0.25, -0.2) is 4.39 Å². The molecule has 0 heterocycles. The topological polar surface area (TPSA) is 29.5 Å². The van der Waals surface area contributed by atoms with Gasteiger partial charge in [0.25, 0.3) is 0 Å². The zero-order chi connectivity index (χ0) is 13.1. The van der Waals surface area contributed by atoms with Crippen LogP contribution in [-0.2, 0) is 6.61 Å². The summed E-state index contributed by atoms with van der Waals surface area (Å²) in [6.45, 7) is 1.85. The molecule has 4 heteroatoms. The van der Waals surface area contributed by atoms with Gasteiger partial charge in [-0.15, -0.1) is 0 Å². The molecule has 0 fully saturated rings. The largest absolute Gasteiger partial charge is 0.456 e. The van der Waals surface area contributed by atoms with E-state index in [1.807, 2.05) is 13.0 Å². The first-order valence-electron chi connectivity index (χ1n) is 5.43. The molecule has 2 aromatic carbocycles. The molecule has 2 aromatic rings. The average Bonchev–Trinajstić information content (AvgIpc) is 2.34. The van der Waals surface area contributed by atoms with Gasteiger partial charge in [-0.05, 0) is 42.3 Å². The number of halogens is 2. The van der Waals surface area contributed by atoms with E-state index in [1.54, 1.807) is 12.1 Å². The number of ether oxygens (including phenoxy) is 1. The highest BCUT2D eigenvalue weighted by molar-refractivity contribution is 6.32. The second-order valence-electron chi connectivity index (χ2n) is 3.93. The van der Waals surface area contributed by atoms with Crippen molar-refractivity contribution in [2.75, 3.05) is 0 Å². The summed E-state index contributed by atoms with van der Waals surface area (Å²) in [7, 11) is 0. The molecule has 0 atom stereocenters. The van der Waals surface area contributed by atoms with Gasteiger partial charge in [0.15, 0.2) is 0 Å². The molecule has 1 N–H and O–H groups in total. The van der Waals surface area contributed by atoms with Crippen LogP contribution >= 0.6 is 11.6 Å². The molecule has 0 amide bonds. The van der Waals surface area contributed by atoms with Crippen LogP contribution in [0.2, 0.25) is 5.02 Å². The summed E-state index contributed by atoms with van der Waals surface area (Å²) in [5, 5.41) is 9.24. The molecule has 0 aliphatic rings. The molecule has 0 saturated carbocycles. The van der Waals surface area contributed by atoms with Gasteiger partial charge in [0.05, 0.1) is 11.6 Å². The second-order valence-corrected chi connectivity index (χ2v) is 4.34. The minimum atomic E-state index is -0.403. The molecule has 0 saturated heterocycles. The fraction of sp³-hybridized carbons (Fsp3) is 0.143. The van der Waals surface area contributed by atoms with Gasteiger partial charge in [-0.2, -0.15) is 0 Å². The Morgan fingerprint density at radius 1 is 1.17 bits per heavy atom. The Hall–Kier alpha value is -1.58. The lowest BCUT2D eigenvalue weighted by Gasteiger charge is -2.11. The van der Waals surface area contributed by atoms with Gasteiger partial charge in [-0.3, -0.25) is 0 Å². The summed E-state index contributed by atoms with van der Waals surface area (Å²) in [6, 6.07) is 9.32. The summed E-state index contributed by atoms with van der Waals surface area (Å²) in [5.74, 6) is 0.623. The van der Waals surface area contributed by atoms with Gasteiger partial charge in [-0.1, -0.05) is 23.7 Å². The summed E-state index contributed by atoms with van der Waals surface area (Å²) >= 11 is 5.89. The minimum absolute atomic E-state index is 0.0155. The monoisotopic (exact) mass is 266 g/mol. The van der Waals surface area contributed by atoms with Crippen LogP contribution in [0.15, 0.2) is 36.4 Å². The van der Waals surface area contributed by atoms with Crippen LogP contribution in [0, 0.1) is 12.7 Å². The van der Waals surface area contributed by atoms with E-state index in [0.29, 0.717) is 11.5 Å². The highest BCUT2D eigenvalue weighted by atomic mass is 35.5. The molecule has 18 heavy (non-hydrogen) atoms. The summed E-state index contributed by atoms with van der Waals surface area (Å²) in [4.78, 5) is 0. The number of aryl methyl sites for hydroxylation is 1. The summed E-state index contributed by atoms with van der Waals surface area (Å²) in [5.41, 5.74) is 1.69. The van der Waals surface area contributed by atoms with Crippen LogP contribution in [0.1, 0.15) is 11.1 Å². The van der Waals surface area contributed by atoms with Crippen LogP contribution in [0.25, 0.3) is 0 Å². The van der Waals surface area contributed by atoms with Crippen LogP contribution in [0.5, 0.6) is 11.5 Å². The fourth-order valence-electron chi connectivity index (χ4n) is 1.60. The van der Waals surface area contributed by atoms with E-state index in [2.05, 4.69) is 0 Å². The number of aliphatic hydroxyl groups excluding tert-OH is 1. The zero-order valence-corrected chi connectivity index (χ0v) is 10.5. The molecular weight excluding hydrogens is 255 g/mol. The van der Waals surface area contributed by atoms with Crippen molar-refractivity contribution in [3.63, 3.8) is 0 Å². The fourth-order valence-corrected chi connectivity index (χ4v) is 1.81. The summed E-state index contributed by atoms with van der Waals surface area (Å²) < 4.78 is 18.5. The summed E-state index contributed by atoms with van der Waals surface area (Å²) in [6.07, 6.45) is 0. The van der Waals surface area contributed by atoms with E-state index in [-0.39, 0.29) is 11.6 Å². The van der Waals surface area contributed by atoms with E-state index < -0.39 is 5.82 Å². The highest BCUT2D eigenvalue weighted by Crippen LogP contribution is 2.31. The van der Waals surface area contributed by atoms with Crippen LogP contribution in [0.3, 0.4) is 0 Å². The van der Waals surface area contributed by atoms with Crippen molar-refractivity contribution in [3.05, 3.63) is 58.4 Å². The van der Waals surface area contributed by atoms with Crippen LogP contribution in [0.4, 0.5) is 4.39 Å². The molecule has 0 radical (unpaired) electrons. The standard InChI is InChI=1S/C14H12ClFO2/c1-9-6-10(8-17)2-4-13(9)18-14-5-3-11(16)7-12(14)15/h2-7,17H,8H2,1H3. The molecule has 2 nitrogen and oxygen atoms in total. The molecule has 0 aliphatic carbocycles. The van der Waals surface area contributed by atoms with Crippen LogP contribution in [-0.4, -0.2) is 5.11 Å². The Balaban J connectivity index is 2.28. The normalized spacial score (nSPS) is 10.4. The Kier molecular flexibility index (Phi) is 3.84. The first kappa shape index (κ1) is 12.9. The lowest BCUT2D eigenvalue weighted by Crippen LogP contribution is -1.91. The maximum atomic E-state index is 12.9. The third kappa shape index (κ3) is 2.81. The zero-order valence-electron chi connectivity index (χ0n) is 9.78. The number of hydrogen-bond donors (Lipinski definition) is 1. The molecule has 2 rings (SSSR count). The lowest BCUT2D eigenvalue weighted by molar-refractivity contribution is 0.281. The van der Waals surface area contributed by atoms with Gasteiger partial charge < -0.3 is 9.84 Å². The molecule has 0 aliphatic heterocycles. The van der Waals surface area contributed by atoms with Gasteiger partial charge in [0.1, 0.15) is 17.3 Å². The van der Waals surface area contributed by atoms with E-state index in [4.69, 9.17) is 21.4 Å². The Morgan fingerprint density at radius 3 is 2.50 bits per heavy atom. The molecule has 94 valence electrons. The second kappa shape index (κ2) is 5.38.